The first kappa shape index (κ1) is 12.7. The van der Waals surface area contributed by atoms with Crippen molar-refractivity contribution in [2.45, 2.75) is 6.92 Å². The Balaban J connectivity index is 2.33. The molecule has 0 aromatic heterocycles. The maximum Gasteiger partial charge on any atom is 0.308 e. The molecule has 1 N–H and O–H groups in total. The van der Waals surface area contributed by atoms with Gasteiger partial charge >= 0.3 is 5.97 Å². The third-order valence-electron chi connectivity index (χ3n) is 3.37. The van der Waals surface area contributed by atoms with Crippen molar-refractivity contribution in [1.82, 2.24) is 0 Å². The summed E-state index contributed by atoms with van der Waals surface area (Å²) >= 11 is 5.98. The Labute approximate surface area is 110 Å². The molecule has 1 aliphatic rings. The minimum atomic E-state index is -0.787. The Morgan fingerprint density at radius 3 is 2.83 bits per heavy atom. The number of carboxylic acid groups (broad SMARTS) is 1. The molecule has 1 heterocycles. The van der Waals surface area contributed by atoms with Gasteiger partial charge in [0.15, 0.2) is 0 Å². The molecule has 0 spiro atoms. The van der Waals surface area contributed by atoms with E-state index in [0.29, 0.717) is 23.7 Å². The van der Waals surface area contributed by atoms with E-state index in [2.05, 4.69) is 6.07 Å². The average Bonchev–Trinajstić information content (AvgIpc) is 2.71. The van der Waals surface area contributed by atoms with Crippen molar-refractivity contribution in [1.29, 1.82) is 5.26 Å². The quantitative estimate of drug-likeness (QED) is 0.891. The number of anilines is 1. The zero-order valence-electron chi connectivity index (χ0n) is 9.93. The lowest BCUT2D eigenvalue weighted by Gasteiger charge is -2.20. The summed E-state index contributed by atoms with van der Waals surface area (Å²) < 4.78 is 0. The second kappa shape index (κ2) is 4.87. The van der Waals surface area contributed by atoms with E-state index in [9.17, 15) is 4.79 Å². The predicted octanol–water partition coefficient (Wildman–Crippen LogP) is 2.37. The zero-order chi connectivity index (χ0) is 13.3. The minimum Gasteiger partial charge on any atom is -0.481 e. The van der Waals surface area contributed by atoms with Crippen LogP contribution < -0.4 is 4.90 Å². The van der Waals surface area contributed by atoms with Crippen molar-refractivity contribution in [2.24, 2.45) is 11.8 Å². The molecule has 1 aliphatic heterocycles. The highest BCUT2D eigenvalue weighted by atomic mass is 35.5. The number of carbonyl (C=O) groups is 1. The number of nitriles is 1. The molecule has 5 heteroatoms. The number of halogens is 1. The van der Waals surface area contributed by atoms with E-state index in [1.807, 2.05) is 11.8 Å². The lowest BCUT2D eigenvalue weighted by Crippen LogP contribution is -2.23. The van der Waals surface area contributed by atoms with Gasteiger partial charge in [0, 0.05) is 13.1 Å². The standard InChI is InChI=1S/C13H13ClN2O2/c1-8-6-16(7-10(8)13(17)18)12-4-2-3-11(14)9(12)5-15/h2-4,8,10H,6-7H2,1H3,(H,17,18). The van der Waals surface area contributed by atoms with Gasteiger partial charge in [0.2, 0.25) is 0 Å². The van der Waals surface area contributed by atoms with Gasteiger partial charge in [0.1, 0.15) is 6.07 Å². The van der Waals surface area contributed by atoms with Gasteiger partial charge in [0.05, 0.1) is 22.2 Å². The molecule has 0 radical (unpaired) electrons. The van der Waals surface area contributed by atoms with Gasteiger partial charge in [-0.25, -0.2) is 0 Å². The molecule has 18 heavy (non-hydrogen) atoms. The van der Waals surface area contributed by atoms with E-state index in [1.165, 1.54) is 0 Å². The molecule has 0 aliphatic carbocycles. The molecule has 2 unspecified atom stereocenters. The minimum absolute atomic E-state index is 0.0630. The molecule has 94 valence electrons. The monoisotopic (exact) mass is 264 g/mol. The Morgan fingerprint density at radius 2 is 2.28 bits per heavy atom. The van der Waals surface area contributed by atoms with Crippen LogP contribution in [0.2, 0.25) is 5.02 Å². The molecule has 1 aromatic rings. The van der Waals surface area contributed by atoms with Crippen molar-refractivity contribution < 1.29 is 9.90 Å². The van der Waals surface area contributed by atoms with Crippen molar-refractivity contribution in [3.05, 3.63) is 28.8 Å². The van der Waals surface area contributed by atoms with Gasteiger partial charge in [-0.3, -0.25) is 4.79 Å². The van der Waals surface area contributed by atoms with Crippen LogP contribution in [0.25, 0.3) is 0 Å². The highest BCUT2D eigenvalue weighted by Gasteiger charge is 2.35. The summed E-state index contributed by atoms with van der Waals surface area (Å²) in [6.45, 7) is 2.97. The molecule has 4 nitrogen and oxygen atoms in total. The molecule has 1 saturated heterocycles. The molecule has 2 rings (SSSR count). The van der Waals surface area contributed by atoms with Gasteiger partial charge in [-0.05, 0) is 18.1 Å². The van der Waals surface area contributed by atoms with E-state index in [4.69, 9.17) is 22.0 Å². The van der Waals surface area contributed by atoms with Gasteiger partial charge in [-0.1, -0.05) is 24.6 Å². The molecule has 1 fully saturated rings. The normalized spacial score (nSPS) is 22.8. The predicted molar refractivity (Wildman–Crippen MR) is 68.7 cm³/mol. The maximum absolute atomic E-state index is 11.1. The summed E-state index contributed by atoms with van der Waals surface area (Å²) in [5.74, 6) is -1.12. The number of rotatable bonds is 2. The number of aliphatic carboxylic acids is 1. The fourth-order valence-corrected chi connectivity index (χ4v) is 2.58. The number of nitrogens with zero attached hydrogens (tertiary/aromatic N) is 2. The molecular formula is C13H13ClN2O2. The summed E-state index contributed by atoms with van der Waals surface area (Å²) in [5, 5.41) is 18.6. The van der Waals surface area contributed by atoms with Crippen molar-refractivity contribution in [2.75, 3.05) is 18.0 Å². The van der Waals surface area contributed by atoms with E-state index in [-0.39, 0.29) is 5.92 Å². The summed E-state index contributed by atoms with van der Waals surface area (Å²) in [6, 6.07) is 7.33. The molecule has 2 atom stereocenters. The third kappa shape index (κ3) is 2.14. The van der Waals surface area contributed by atoms with Gasteiger partial charge < -0.3 is 10.0 Å². The van der Waals surface area contributed by atoms with Crippen LogP contribution in [0.1, 0.15) is 12.5 Å². The average molecular weight is 265 g/mol. The zero-order valence-corrected chi connectivity index (χ0v) is 10.7. The number of hydrogen-bond acceptors (Lipinski definition) is 3. The van der Waals surface area contributed by atoms with Gasteiger partial charge in [-0.2, -0.15) is 5.26 Å². The first-order valence-corrected chi connectivity index (χ1v) is 6.08. The van der Waals surface area contributed by atoms with Crippen LogP contribution in [0, 0.1) is 23.2 Å². The summed E-state index contributed by atoms with van der Waals surface area (Å²) in [5.41, 5.74) is 1.14. The third-order valence-corrected chi connectivity index (χ3v) is 3.69. The highest BCUT2D eigenvalue weighted by molar-refractivity contribution is 6.32. The smallest absolute Gasteiger partial charge is 0.308 e. The SMILES string of the molecule is CC1CN(c2cccc(Cl)c2C#N)CC1C(=O)O. The van der Waals surface area contributed by atoms with E-state index in [0.717, 1.165) is 5.69 Å². The molecule has 0 bridgehead atoms. The number of hydrogen-bond donors (Lipinski definition) is 1. The van der Waals surface area contributed by atoms with Crippen LogP contribution in [-0.4, -0.2) is 24.2 Å². The van der Waals surface area contributed by atoms with Gasteiger partial charge in [-0.15, -0.1) is 0 Å². The fraction of sp³-hybridized carbons (Fsp3) is 0.385. The summed E-state index contributed by atoms with van der Waals surface area (Å²) in [7, 11) is 0. The van der Waals surface area contributed by atoms with Crippen molar-refractivity contribution in [3.63, 3.8) is 0 Å². The van der Waals surface area contributed by atoms with Crippen molar-refractivity contribution in [3.8, 4) is 6.07 Å². The Morgan fingerprint density at radius 1 is 1.56 bits per heavy atom. The van der Waals surface area contributed by atoms with Crippen LogP contribution in [0.3, 0.4) is 0 Å². The first-order chi connectivity index (χ1) is 8.54. The first-order valence-electron chi connectivity index (χ1n) is 5.71. The largest absolute Gasteiger partial charge is 0.481 e. The number of carboxylic acids is 1. The van der Waals surface area contributed by atoms with Crippen molar-refractivity contribution >= 4 is 23.3 Å². The maximum atomic E-state index is 11.1. The van der Waals surface area contributed by atoms with Crippen LogP contribution in [0.5, 0.6) is 0 Å². The van der Waals surface area contributed by atoms with Crippen LogP contribution in [0.15, 0.2) is 18.2 Å². The lowest BCUT2D eigenvalue weighted by atomic mass is 9.99. The summed E-state index contributed by atoms with van der Waals surface area (Å²) in [4.78, 5) is 13.0. The number of benzene rings is 1. The van der Waals surface area contributed by atoms with E-state index < -0.39 is 11.9 Å². The second-order valence-electron chi connectivity index (χ2n) is 4.57. The topological polar surface area (TPSA) is 64.3 Å². The Kier molecular flexibility index (Phi) is 3.44. The molecule has 0 amide bonds. The molecule has 0 saturated carbocycles. The molecular weight excluding hydrogens is 252 g/mol. The second-order valence-corrected chi connectivity index (χ2v) is 4.98. The lowest BCUT2D eigenvalue weighted by molar-refractivity contribution is -0.142. The molecule has 1 aromatic carbocycles. The fourth-order valence-electron chi connectivity index (χ4n) is 2.37. The highest BCUT2D eigenvalue weighted by Crippen LogP contribution is 2.33. The van der Waals surface area contributed by atoms with Crippen LogP contribution in [0.4, 0.5) is 5.69 Å². The van der Waals surface area contributed by atoms with Gasteiger partial charge in [0.25, 0.3) is 0 Å². The van der Waals surface area contributed by atoms with E-state index >= 15 is 0 Å². The van der Waals surface area contributed by atoms with Crippen LogP contribution >= 0.6 is 11.6 Å². The Bertz CT molecular complexity index is 524. The van der Waals surface area contributed by atoms with E-state index in [1.54, 1.807) is 18.2 Å². The van der Waals surface area contributed by atoms with Crippen LogP contribution in [-0.2, 0) is 4.79 Å². The summed E-state index contributed by atoms with van der Waals surface area (Å²) in [6.07, 6.45) is 0. The Hall–Kier alpha value is -1.73.